The lowest BCUT2D eigenvalue weighted by Gasteiger charge is -2.27. The molecule has 214 valence electrons. The molecule has 1 N–H and O–H groups in total. The Morgan fingerprint density at radius 1 is 1.00 bits per heavy atom. The highest BCUT2D eigenvalue weighted by molar-refractivity contribution is 6.76. The van der Waals surface area contributed by atoms with Crippen LogP contribution >= 0.6 is 0 Å². The standard InChI is InChI=1S/C33H40N4O3Si/c1-41(2,3)17-16-38-23-37-30(24-8-5-4-6-9-24)21-35-33(37)26-18-25-19-28(12-13-31(25)39-22-26)40-29-14-15-34-32(20-29)36-27-10-7-11-27/h4-6,8-9,12-15,19-21,26-27H,7,10-11,16-18,22-23H2,1-3H3,(H,34,36). The van der Waals surface area contributed by atoms with Crippen LogP contribution in [-0.4, -0.2) is 41.9 Å². The Morgan fingerprint density at radius 3 is 2.61 bits per heavy atom. The van der Waals surface area contributed by atoms with Gasteiger partial charge in [0.05, 0.1) is 24.4 Å². The number of benzene rings is 2. The topological polar surface area (TPSA) is 70.4 Å². The van der Waals surface area contributed by atoms with Gasteiger partial charge in [-0.2, -0.15) is 0 Å². The number of aromatic nitrogens is 3. The van der Waals surface area contributed by atoms with Crippen LogP contribution in [0.1, 0.15) is 36.6 Å². The van der Waals surface area contributed by atoms with Crippen molar-refractivity contribution in [3.63, 3.8) is 0 Å². The van der Waals surface area contributed by atoms with Crippen LogP contribution in [0, 0.1) is 0 Å². The van der Waals surface area contributed by atoms with Gasteiger partial charge in [-0.1, -0.05) is 50.0 Å². The van der Waals surface area contributed by atoms with Gasteiger partial charge in [0.1, 0.15) is 35.6 Å². The van der Waals surface area contributed by atoms with E-state index >= 15 is 0 Å². The molecule has 8 heteroatoms. The Morgan fingerprint density at radius 2 is 1.83 bits per heavy atom. The van der Waals surface area contributed by atoms with E-state index in [-0.39, 0.29) is 5.92 Å². The number of anilines is 1. The first-order valence-electron chi connectivity index (χ1n) is 14.8. The molecule has 0 saturated heterocycles. The van der Waals surface area contributed by atoms with E-state index in [0.29, 0.717) is 19.4 Å². The quantitative estimate of drug-likeness (QED) is 0.147. The van der Waals surface area contributed by atoms with Gasteiger partial charge in [-0.3, -0.25) is 0 Å². The highest BCUT2D eigenvalue weighted by atomic mass is 28.3. The summed E-state index contributed by atoms with van der Waals surface area (Å²) < 4.78 is 21.0. The van der Waals surface area contributed by atoms with Crippen molar-refractivity contribution in [2.75, 3.05) is 18.5 Å². The average molecular weight is 569 g/mol. The number of imidazole rings is 1. The van der Waals surface area contributed by atoms with Gasteiger partial charge in [-0.25, -0.2) is 9.97 Å². The fourth-order valence-corrected chi connectivity index (χ4v) is 6.03. The minimum absolute atomic E-state index is 0.106. The summed E-state index contributed by atoms with van der Waals surface area (Å²) in [5, 5.41) is 3.49. The first kappa shape index (κ1) is 27.5. The maximum atomic E-state index is 6.26. The smallest absolute Gasteiger partial charge is 0.132 e. The van der Waals surface area contributed by atoms with Crippen molar-refractivity contribution >= 4 is 13.9 Å². The molecule has 0 radical (unpaired) electrons. The van der Waals surface area contributed by atoms with Crippen molar-refractivity contribution in [1.82, 2.24) is 14.5 Å². The SMILES string of the molecule is C[Si](C)(C)CCOCn1c(-c2ccccc2)cnc1C1COc2ccc(Oc3ccnc(NC4CCC4)c3)cc2C1. The average Bonchev–Trinajstić information content (AvgIpc) is 3.37. The van der Waals surface area contributed by atoms with Gasteiger partial charge in [0, 0.05) is 33.0 Å². The van der Waals surface area contributed by atoms with E-state index in [1.165, 1.54) is 19.3 Å². The third kappa shape index (κ3) is 6.82. The first-order valence-corrected chi connectivity index (χ1v) is 18.5. The van der Waals surface area contributed by atoms with Gasteiger partial charge < -0.3 is 24.1 Å². The highest BCUT2D eigenvalue weighted by Crippen LogP contribution is 2.37. The largest absolute Gasteiger partial charge is 0.493 e. The zero-order chi connectivity index (χ0) is 28.2. The Hall–Kier alpha value is -3.62. The van der Waals surface area contributed by atoms with Gasteiger partial charge >= 0.3 is 0 Å². The summed E-state index contributed by atoms with van der Waals surface area (Å²) in [6, 6.07) is 22.0. The number of nitrogens with zero attached hydrogens (tertiary/aromatic N) is 3. The predicted molar refractivity (Wildman–Crippen MR) is 166 cm³/mol. The fourth-order valence-electron chi connectivity index (χ4n) is 5.28. The fraction of sp³-hybridized carbons (Fsp3) is 0.394. The first-order chi connectivity index (χ1) is 19.9. The van der Waals surface area contributed by atoms with Crippen LogP contribution in [0.25, 0.3) is 11.3 Å². The normalized spacial score (nSPS) is 16.9. The van der Waals surface area contributed by atoms with Crippen LogP contribution in [0.15, 0.2) is 73.1 Å². The molecular weight excluding hydrogens is 528 g/mol. The molecule has 4 aromatic rings. The summed E-state index contributed by atoms with van der Waals surface area (Å²) in [4.78, 5) is 9.38. The molecule has 2 aromatic heterocycles. The van der Waals surface area contributed by atoms with E-state index in [9.17, 15) is 0 Å². The minimum Gasteiger partial charge on any atom is -0.493 e. The molecule has 1 saturated carbocycles. The lowest BCUT2D eigenvalue weighted by molar-refractivity contribution is 0.0841. The Labute approximate surface area is 243 Å². The van der Waals surface area contributed by atoms with Crippen LogP contribution in [0.3, 0.4) is 0 Å². The molecule has 6 rings (SSSR count). The molecule has 0 bridgehead atoms. The summed E-state index contributed by atoms with van der Waals surface area (Å²) in [5.74, 6) is 4.43. The van der Waals surface area contributed by atoms with Gasteiger partial charge in [0.25, 0.3) is 0 Å². The molecule has 41 heavy (non-hydrogen) atoms. The third-order valence-corrected chi connectivity index (χ3v) is 9.60. The van der Waals surface area contributed by atoms with E-state index in [0.717, 1.165) is 64.8 Å². The number of hydrogen-bond acceptors (Lipinski definition) is 6. The monoisotopic (exact) mass is 568 g/mol. The van der Waals surface area contributed by atoms with Gasteiger partial charge in [-0.05, 0) is 67.1 Å². The molecule has 3 heterocycles. The molecule has 2 aromatic carbocycles. The van der Waals surface area contributed by atoms with E-state index < -0.39 is 8.07 Å². The van der Waals surface area contributed by atoms with Gasteiger partial charge in [0.15, 0.2) is 0 Å². The summed E-state index contributed by atoms with van der Waals surface area (Å²) in [7, 11) is -1.17. The van der Waals surface area contributed by atoms with Gasteiger partial charge in [-0.15, -0.1) is 0 Å². The van der Waals surface area contributed by atoms with Crippen molar-refractivity contribution in [2.45, 2.75) is 70.1 Å². The summed E-state index contributed by atoms with van der Waals surface area (Å²) in [5.41, 5.74) is 3.33. The Kier molecular flexibility index (Phi) is 8.12. The molecule has 1 atom stereocenters. The second kappa shape index (κ2) is 12.1. The molecule has 1 unspecified atom stereocenters. The van der Waals surface area contributed by atoms with Crippen LogP contribution in [-0.2, 0) is 17.9 Å². The molecule has 1 fully saturated rings. The van der Waals surface area contributed by atoms with Crippen molar-refractivity contribution in [2.24, 2.45) is 0 Å². The van der Waals surface area contributed by atoms with E-state index in [4.69, 9.17) is 19.2 Å². The van der Waals surface area contributed by atoms with E-state index in [1.54, 1.807) is 6.20 Å². The van der Waals surface area contributed by atoms with Crippen LogP contribution < -0.4 is 14.8 Å². The van der Waals surface area contributed by atoms with Crippen LogP contribution in [0.4, 0.5) is 5.82 Å². The Balaban J connectivity index is 1.19. The zero-order valence-electron chi connectivity index (χ0n) is 24.3. The summed E-state index contributed by atoms with van der Waals surface area (Å²) in [6.45, 7) is 8.96. The second-order valence-electron chi connectivity index (χ2n) is 12.4. The van der Waals surface area contributed by atoms with Crippen molar-refractivity contribution in [3.05, 3.63) is 84.4 Å². The summed E-state index contributed by atoms with van der Waals surface area (Å²) >= 11 is 0. The number of rotatable bonds is 11. The number of ether oxygens (including phenoxy) is 3. The number of hydrogen-bond donors (Lipinski definition) is 1. The lowest BCUT2D eigenvalue weighted by atomic mass is 9.93. The number of pyridine rings is 1. The maximum absolute atomic E-state index is 6.26. The number of nitrogens with one attached hydrogen (secondary N) is 1. The molecular formula is C33H40N4O3Si. The second-order valence-corrected chi connectivity index (χ2v) is 18.0. The van der Waals surface area contributed by atoms with E-state index in [2.05, 4.69) is 64.8 Å². The zero-order valence-corrected chi connectivity index (χ0v) is 25.3. The lowest BCUT2D eigenvalue weighted by Crippen LogP contribution is -2.27. The molecule has 0 amide bonds. The number of fused-ring (bicyclic) bond motifs is 1. The molecule has 7 nitrogen and oxygen atoms in total. The van der Waals surface area contributed by atoms with Crippen molar-refractivity contribution in [3.8, 4) is 28.5 Å². The molecule has 2 aliphatic rings. The van der Waals surface area contributed by atoms with Gasteiger partial charge in [0.2, 0.25) is 0 Å². The molecule has 1 aliphatic heterocycles. The third-order valence-electron chi connectivity index (χ3n) is 7.90. The van der Waals surface area contributed by atoms with Crippen molar-refractivity contribution < 1.29 is 14.2 Å². The predicted octanol–water partition coefficient (Wildman–Crippen LogP) is 7.73. The van der Waals surface area contributed by atoms with Crippen LogP contribution in [0.2, 0.25) is 25.7 Å². The Bertz CT molecular complexity index is 1460. The maximum Gasteiger partial charge on any atom is 0.132 e. The van der Waals surface area contributed by atoms with Crippen LogP contribution in [0.5, 0.6) is 17.2 Å². The highest BCUT2D eigenvalue weighted by Gasteiger charge is 2.27. The molecule has 0 spiro atoms. The summed E-state index contributed by atoms with van der Waals surface area (Å²) in [6.07, 6.45) is 8.27. The molecule has 1 aliphatic carbocycles. The van der Waals surface area contributed by atoms with E-state index in [1.807, 2.05) is 36.5 Å². The van der Waals surface area contributed by atoms with Crippen molar-refractivity contribution in [1.29, 1.82) is 0 Å². The minimum atomic E-state index is -1.17.